The van der Waals surface area contributed by atoms with Crippen LogP contribution >= 0.6 is 0 Å². The Hall–Kier alpha value is -2.02. The Balaban J connectivity index is 1.82. The maximum Gasteiger partial charge on any atom is 0.306 e. The number of rotatable bonds is 40. The van der Waals surface area contributed by atoms with E-state index in [1.54, 1.807) is 0 Å². The van der Waals surface area contributed by atoms with E-state index >= 15 is 0 Å². The molecule has 0 radical (unpaired) electrons. The minimum atomic E-state index is -1.77. The number of unbranched alkanes of at least 4 members (excludes halogenated alkanes) is 22. The number of allylic oxidation sites excluding steroid dienone is 4. The summed E-state index contributed by atoms with van der Waals surface area (Å²) in [5, 5.41) is 72.0. The van der Waals surface area contributed by atoms with Gasteiger partial charge in [-0.1, -0.05) is 141 Å². The van der Waals surface area contributed by atoms with E-state index in [0.717, 1.165) is 51.4 Å². The lowest BCUT2D eigenvalue weighted by atomic mass is 9.98. The van der Waals surface area contributed by atoms with Gasteiger partial charge in [0.15, 0.2) is 18.7 Å². The lowest BCUT2D eigenvalue weighted by molar-refractivity contribution is -0.332. The normalized spacial score (nSPS) is 26.3. The molecule has 66 heavy (non-hydrogen) atoms. The van der Waals surface area contributed by atoms with Gasteiger partial charge < -0.3 is 64.2 Å². The van der Waals surface area contributed by atoms with Crippen molar-refractivity contribution in [1.82, 2.24) is 0 Å². The standard InChI is InChI=1S/C51H92O15/c1-3-5-7-9-11-13-15-17-19-21-23-25-27-29-31-33-42(53)61-36-39(64-43(54)34-32-30-28-26-24-22-20-18-16-14-12-10-8-6-4-2)37-62-50-49(60)47(58)45(56)41(66-50)38-63-51-48(59)46(57)44(55)40(35-52)65-51/h14,16,23,25,39-41,44-52,55-60H,3-13,15,17-22,24,26-38H2,1-2H3/b16-14+,25-23+/t39-,40-,41-,44+,45+,46?,47?,48?,49?,50-,51-/m1/s1. The monoisotopic (exact) mass is 945 g/mol. The second-order valence-electron chi connectivity index (χ2n) is 18.3. The van der Waals surface area contributed by atoms with Gasteiger partial charge in [0.05, 0.1) is 19.8 Å². The summed E-state index contributed by atoms with van der Waals surface area (Å²) >= 11 is 0. The van der Waals surface area contributed by atoms with Crippen LogP contribution in [-0.4, -0.2) is 142 Å². The molecule has 4 unspecified atom stereocenters. The molecule has 0 bridgehead atoms. The van der Waals surface area contributed by atoms with Crippen molar-refractivity contribution in [2.24, 2.45) is 0 Å². The lowest BCUT2D eigenvalue weighted by Gasteiger charge is -2.42. The van der Waals surface area contributed by atoms with E-state index < -0.39 is 92.7 Å². The molecule has 0 aliphatic carbocycles. The van der Waals surface area contributed by atoms with Crippen molar-refractivity contribution in [2.45, 2.75) is 261 Å². The Morgan fingerprint density at radius 3 is 1.38 bits per heavy atom. The molecule has 2 heterocycles. The van der Waals surface area contributed by atoms with E-state index in [0.29, 0.717) is 12.8 Å². The minimum absolute atomic E-state index is 0.158. The van der Waals surface area contributed by atoms with Gasteiger partial charge in [0, 0.05) is 12.8 Å². The second-order valence-corrected chi connectivity index (χ2v) is 18.3. The number of ether oxygens (including phenoxy) is 6. The molecular formula is C51H92O15. The van der Waals surface area contributed by atoms with Crippen molar-refractivity contribution in [3.63, 3.8) is 0 Å². The van der Waals surface area contributed by atoms with Crippen molar-refractivity contribution in [3.8, 4) is 0 Å². The molecule has 0 saturated carbocycles. The molecule has 0 amide bonds. The van der Waals surface area contributed by atoms with E-state index in [1.807, 2.05) is 0 Å². The number of aliphatic hydroxyl groups excluding tert-OH is 7. The maximum atomic E-state index is 13.0. The number of carbonyl (C=O) groups is 2. The molecule has 2 saturated heterocycles. The Morgan fingerprint density at radius 1 is 0.470 bits per heavy atom. The molecule has 386 valence electrons. The zero-order valence-electron chi connectivity index (χ0n) is 40.7. The SMILES string of the molecule is CCCCCC/C=C/CCCCCCCCCC(=O)O[C@H](COC(=O)CCCC/C=C/CCCCCCCCCCC)CO[C@@H]1O[C@H](CO[C@@H]2O[C@H](CO)[C@H](O)C(O)C2O)[C@H](O)C(O)C1O. The van der Waals surface area contributed by atoms with Gasteiger partial charge in [-0.25, -0.2) is 0 Å². The summed E-state index contributed by atoms with van der Waals surface area (Å²) < 4.78 is 33.5. The third-order valence-electron chi connectivity index (χ3n) is 12.4. The number of aliphatic hydroxyl groups is 7. The van der Waals surface area contributed by atoms with Gasteiger partial charge in [0.25, 0.3) is 0 Å². The molecule has 7 N–H and O–H groups in total. The fourth-order valence-electron chi connectivity index (χ4n) is 8.09. The summed E-state index contributed by atoms with van der Waals surface area (Å²) in [6.45, 7) is 2.56. The van der Waals surface area contributed by atoms with E-state index in [2.05, 4.69) is 38.2 Å². The maximum absolute atomic E-state index is 13.0. The summed E-state index contributed by atoms with van der Waals surface area (Å²) in [5.74, 6) is -0.951. The summed E-state index contributed by atoms with van der Waals surface area (Å²) in [4.78, 5) is 25.7. The van der Waals surface area contributed by atoms with Crippen molar-refractivity contribution < 1.29 is 73.8 Å². The van der Waals surface area contributed by atoms with Crippen molar-refractivity contribution in [3.05, 3.63) is 24.3 Å². The fourth-order valence-corrected chi connectivity index (χ4v) is 8.09. The first-order valence-corrected chi connectivity index (χ1v) is 25.9. The summed E-state index contributed by atoms with van der Waals surface area (Å²) in [5.41, 5.74) is 0. The number of hydrogen-bond acceptors (Lipinski definition) is 15. The zero-order chi connectivity index (χ0) is 48.2. The molecular weight excluding hydrogens is 853 g/mol. The minimum Gasteiger partial charge on any atom is -0.462 e. The summed E-state index contributed by atoms with van der Waals surface area (Å²) in [6, 6.07) is 0. The van der Waals surface area contributed by atoms with E-state index in [1.165, 1.54) is 103 Å². The van der Waals surface area contributed by atoms with Crippen LogP contribution in [0, 0.1) is 0 Å². The van der Waals surface area contributed by atoms with Gasteiger partial charge in [-0.2, -0.15) is 0 Å². The topological polar surface area (TPSA) is 231 Å². The predicted molar refractivity (Wildman–Crippen MR) is 252 cm³/mol. The molecule has 0 aromatic rings. The molecule has 2 rings (SSSR count). The third-order valence-corrected chi connectivity index (χ3v) is 12.4. The van der Waals surface area contributed by atoms with Crippen LogP contribution in [0.1, 0.15) is 194 Å². The van der Waals surface area contributed by atoms with Gasteiger partial charge in [0.1, 0.15) is 55.4 Å². The number of esters is 2. The predicted octanol–water partition coefficient (Wildman–Crippen LogP) is 7.16. The fraction of sp³-hybridized carbons (Fsp3) is 0.882. The first-order chi connectivity index (χ1) is 32.0. The van der Waals surface area contributed by atoms with E-state index in [9.17, 15) is 45.3 Å². The molecule has 0 aromatic carbocycles. The Labute approximate surface area is 396 Å². The Morgan fingerprint density at radius 2 is 0.864 bits per heavy atom. The van der Waals surface area contributed by atoms with Crippen LogP contribution in [0.15, 0.2) is 24.3 Å². The molecule has 2 aliphatic heterocycles. The van der Waals surface area contributed by atoms with Crippen LogP contribution in [0.25, 0.3) is 0 Å². The van der Waals surface area contributed by atoms with Crippen LogP contribution < -0.4 is 0 Å². The summed E-state index contributed by atoms with van der Waals surface area (Å²) in [7, 11) is 0. The molecule has 2 fully saturated rings. The quantitative estimate of drug-likeness (QED) is 0.0184. The Kier molecular flexibility index (Phi) is 35.3. The lowest BCUT2D eigenvalue weighted by Crippen LogP contribution is -2.61. The largest absolute Gasteiger partial charge is 0.462 e. The summed E-state index contributed by atoms with van der Waals surface area (Å²) in [6.07, 6.45) is 22.1. The van der Waals surface area contributed by atoms with Gasteiger partial charge in [0.2, 0.25) is 0 Å². The molecule has 0 spiro atoms. The molecule has 15 nitrogen and oxygen atoms in total. The van der Waals surface area contributed by atoms with E-state index in [-0.39, 0.29) is 26.1 Å². The highest BCUT2D eigenvalue weighted by molar-refractivity contribution is 5.70. The van der Waals surface area contributed by atoms with Crippen LogP contribution in [0.3, 0.4) is 0 Å². The Bertz CT molecular complexity index is 1250. The average molecular weight is 945 g/mol. The molecule has 11 atom stereocenters. The second kappa shape index (κ2) is 38.8. The van der Waals surface area contributed by atoms with Crippen LogP contribution in [-0.2, 0) is 38.0 Å². The van der Waals surface area contributed by atoms with Crippen LogP contribution in [0.4, 0.5) is 0 Å². The van der Waals surface area contributed by atoms with Gasteiger partial charge in [-0.05, 0) is 64.2 Å². The van der Waals surface area contributed by atoms with E-state index in [4.69, 9.17) is 28.4 Å². The molecule has 2 aliphatic rings. The van der Waals surface area contributed by atoms with Crippen LogP contribution in [0.2, 0.25) is 0 Å². The average Bonchev–Trinajstić information content (AvgIpc) is 3.31. The number of carbonyl (C=O) groups excluding carboxylic acids is 2. The first-order valence-electron chi connectivity index (χ1n) is 25.9. The highest BCUT2D eigenvalue weighted by atomic mass is 16.7. The van der Waals surface area contributed by atoms with Gasteiger partial charge in [-0.15, -0.1) is 0 Å². The van der Waals surface area contributed by atoms with Crippen molar-refractivity contribution >= 4 is 11.9 Å². The van der Waals surface area contributed by atoms with Crippen LogP contribution in [0.5, 0.6) is 0 Å². The zero-order valence-corrected chi connectivity index (χ0v) is 40.7. The van der Waals surface area contributed by atoms with Gasteiger partial charge in [-0.3, -0.25) is 9.59 Å². The van der Waals surface area contributed by atoms with Crippen molar-refractivity contribution in [1.29, 1.82) is 0 Å². The molecule has 15 heteroatoms. The van der Waals surface area contributed by atoms with Gasteiger partial charge >= 0.3 is 11.9 Å². The third kappa shape index (κ3) is 26.7. The highest BCUT2D eigenvalue weighted by Crippen LogP contribution is 2.26. The first kappa shape index (κ1) is 60.1. The highest BCUT2D eigenvalue weighted by Gasteiger charge is 2.47. The smallest absolute Gasteiger partial charge is 0.306 e. The van der Waals surface area contributed by atoms with Crippen molar-refractivity contribution in [2.75, 3.05) is 26.4 Å². The molecule has 0 aromatic heterocycles. The number of hydrogen-bond donors (Lipinski definition) is 7.